The molecular weight excluding hydrogens is 370 g/mol. The molecule has 2 aromatic carbocycles. The molecular formula is C22H25N3O2S. The third-order valence-corrected chi connectivity index (χ3v) is 6.50. The Hall–Kier alpha value is -2.33. The van der Waals surface area contributed by atoms with Gasteiger partial charge in [0.2, 0.25) is 0 Å². The van der Waals surface area contributed by atoms with Gasteiger partial charge < -0.3 is 9.45 Å². The number of anilines is 1. The SMILES string of the molecule is C[C@@H](N[S+]([O-])C(C)(C)C)c1ccc2c(c1)CCN2C(=O)c1cccc(C#N)c1. The van der Waals surface area contributed by atoms with Gasteiger partial charge in [0.25, 0.3) is 5.91 Å². The van der Waals surface area contributed by atoms with Crippen molar-refractivity contribution in [3.8, 4) is 6.07 Å². The minimum Gasteiger partial charge on any atom is -0.598 e. The highest BCUT2D eigenvalue weighted by Gasteiger charge is 2.30. The Morgan fingerprint density at radius 1 is 1.29 bits per heavy atom. The van der Waals surface area contributed by atoms with E-state index in [1.165, 1.54) is 0 Å². The Balaban J connectivity index is 1.79. The molecule has 1 aliphatic rings. The van der Waals surface area contributed by atoms with E-state index in [2.05, 4.69) is 16.9 Å². The maximum atomic E-state index is 12.9. The van der Waals surface area contributed by atoms with Crippen LogP contribution in [0.5, 0.6) is 0 Å². The van der Waals surface area contributed by atoms with E-state index in [-0.39, 0.29) is 16.7 Å². The summed E-state index contributed by atoms with van der Waals surface area (Å²) in [5.74, 6) is -0.0939. The second-order valence-electron chi connectivity index (χ2n) is 8.01. The highest BCUT2D eigenvalue weighted by Crippen LogP contribution is 2.32. The van der Waals surface area contributed by atoms with Crippen LogP contribution in [0.2, 0.25) is 0 Å². The fourth-order valence-corrected chi connectivity index (χ4v) is 4.00. The molecule has 2 atom stereocenters. The summed E-state index contributed by atoms with van der Waals surface area (Å²) < 4.78 is 15.2. The smallest absolute Gasteiger partial charge is 0.258 e. The van der Waals surface area contributed by atoms with Gasteiger partial charge in [-0.1, -0.05) is 18.2 Å². The normalized spacial score (nSPS) is 15.6. The first-order valence-electron chi connectivity index (χ1n) is 9.33. The molecule has 5 nitrogen and oxygen atoms in total. The molecule has 0 aromatic heterocycles. The molecule has 1 N–H and O–H groups in total. The van der Waals surface area contributed by atoms with Crippen LogP contribution in [0.4, 0.5) is 5.69 Å². The van der Waals surface area contributed by atoms with Crippen LogP contribution in [0.1, 0.15) is 60.8 Å². The fraction of sp³-hybridized carbons (Fsp3) is 0.364. The molecule has 0 bridgehead atoms. The number of hydrogen-bond acceptors (Lipinski definition) is 4. The number of nitriles is 1. The van der Waals surface area contributed by atoms with Crippen LogP contribution in [0.3, 0.4) is 0 Å². The van der Waals surface area contributed by atoms with E-state index in [9.17, 15) is 9.35 Å². The van der Waals surface area contributed by atoms with Gasteiger partial charge in [-0.15, -0.1) is 4.72 Å². The van der Waals surface area contributed by atoms with Crippen LogP contribution in [-0.4, -0.2) is 21.8 Å². The average molecular weight is 396 g/mol. The summed E-state index contributed by atoms with van der Waals surface area (Å²) in [7, 11) is 0. The lowest BCUT2D eigenvalue weighted by atomic mass is 10.0. The van der Waals surface area contributed by atoms with Gasteiger partial charge >= 0.3 is 0 Å². The van der Waals surface area contributed by atoms with E-state index < -0.39 is 11.4 Å². The number of fused-ring (bicyclic) bond motifs is 1. The number of nitrogens with zero attached hydrogens (tertiary/aromatic N) is 2. The first kappa shape index (κ1) is 20.4. The zero-order chi connectivity index (χ0) is 20.5. The second-order valence-corrected chi connectivity index (χ2v) is 10.0. The van der Waals surface area contributed by atoms with Crippen molar-refractivity contribution in [1.29, 1.82) is 5.26 Å². The third kappa shape index (κ3) is 4.22. The summed E-state index contributed by atoms with van der Waals surface area (Å²) in [6.07, 6.45) is 0.780. The van der Waals surface area contributed by atoms with Crippen molar-refractivity contribution in [2.24, 2.45) is 0 Å². The van der Waals surface area contributed by atoms with Gasteiger partial charge in [-0.05, 0) is 69.5 Å². The molecule has 1 unspecified atom stereocenters. The van der Waals surface area contributed by atoms with Gasteiger partial charge in [-0.3, -0.25) is 4.79 Å². The number of amides is 1. The van der Waals surface area contributed by atoms with Gasteiger partial charge in [0.05, 0.1) is 17.7 Å². The number of nitrogens with one attached hydrogen (secondary N) is 1. The second kappa shape index (κ2) is 7.96. The molecule has 3 rings (SSSR count). The van der Waals surface area contributed by atoms with Gasteiger partial charge in [0, 0.05) is 29.2 Å². The standard InChI is InChI=1S/C22H25N3O2S/c1-15(24-28(27)22(2,3)4)17-8-9-20-18(13-17)10-11-25(20)21(26)19-7-5-6-16(12-19)14-23/h5-9,12-13,15,24H,10-11H2,1-4H3/t15-,28?/m1/s1. The van der Waals surface area contributed by atoms with E-state index in [0.29, 0.717) is 17.7 Å². The number of carbonyl (C=O) groups is 1. The van der Waals surface area contributed by atoms with Crippen molar-refractivity contribution >= 4 is 23.0 Å². The lowest BCUT2D eigenvalue weighted by Crippen LogP contribution is -2.40. The van der Waals surface area contributed by atoms with Crippen molar-refractivity contribution in [2.75, 3.05) is 11.4 Å². The Morgan fingerprint density at radius 3 is 2.71 bits per heavy atom. The Labute approximate surface area is 169 Å². The largest absolute Gasteiger partial charge is 0.598 e. The van der Waals surface area contributed by atoms with Crippen molar-refractivity contribution < 1.29 is 9.35 Å². The van der Waals surface area contributed by atoms with Crippen molar-refractivity contribution in [3.05, 3.63) is 64.7 Å². The number of hydrogen-bond donors (Lipinski definition) is 1. The molecule has 2 aromatic rings. The summed E-state index contributed by atoms with van der Waals surface area (Å²) in [4.78, 5) is 14.7. The summed E-state index contributed by atoms with van der Waals surface area (Å²) in [5.41, 5.74) is 4.06. The van der Waals surface area contributed by atoms with E-state index in [0.717, 1.165) is 23.2 Å². The lowest BCUT2D eigenvalue weighted by Gasteiger charge is -2.27. The van der Waals surface area contributed by atoms with Crippen LogP contribution in [-0.2, 0) is 17.8 Å². The number of carbonyl (C=O) groups excluding carboxylic acids is 1. The van der Waals surface area contributed by atoms with Crippen LogP contribution < -0.4 is 9.62 Å². The molecule has 0 saturated heterocycles. The third-order valence-electron chi connectivity index (χ3n) is 4.82. The summed E-state index contributed by atoms with van der Waals surface area (Å²) in [6.45, 7) is 8.43. The van der Waals surface area contributed by atoms with Gasteiger partial charge in [-0.2, -0.15) is 5.26 Å². The Kier molecular flexibility index (Phi) is 5.80. The number of benzene rings is 2. The molecule has 0 radical (unpaired) electrons. The summed E-state index contributed by atoms with van der Waals surface area (Å²) in [5, 5.41) is 9.06. The van der Waals surface area contributed by atoms with E-state index in [1.807, 2.05) is 39.8 Å². The first-order valence-corrected chi connectivity index (χ1v) is 10.5. The van der Waals surface area contributed by atoms with Gasteiger partial charge in [-0.25, -0.2) is 0 Å². The molecule has 0 saturated carbocycles. The Morgan fingerprint density at radius 2 is 2.04 bits per heavy atom. The highest BCUT2D eigenvalue weighted by atomic mass is 32.2. The molecule has 1 aliphatic heterocycles. The molecule has 0 spiro atoms. The summed E-state index contributed by atoms with van der Waals surface area (Å²) >= 11 is -1.15. The van der Waals surface area contributed by atoms with Gasteiger partial charge in [0.15, 0.2) is 0 Å². The fourth-order valence-electron chi connectivity index (χ4n) is 3.18. The van der Waals surface area contributed by atoms with Crippen LogP contribution >= 0.6 is 0 Å². The average Bonchev–Trinajstić information content (AvgIpc) is 3.09. The van der Waals surface area contributed by atoms with E-state index in [1.54, 1.807) is 29.2 Å². The maximum Gasteiger partial charge on any atom is 0.258 e. The molecule has 28 heavy (non-hydrogen) atoms. The monoisotopic (exact) mass is 395 g/mol. The molecule has 1 heterocycles. The number of rotatable bonds is 4. The van der Waals surface area contributed by atoms with Crippen molar-refractivity contribution in [3.63, 3.8) is 0 Å². The van der Waals surface area contributed by atoms with Crippen molar-refractivity contribution in [2.45, 2.75) is 44.9 Å². The predicted octanol–water partition coefficient (Wildman–Crippen LogP) is 3.87. The lowest BCUT2D eigenvalue weighted by molar-refractivity contribution is 0.0989. The molecule has 146 valence electrons. The molecule has 0 fully saturated rings. The zero-order valence-electron chi connectivity index (χ0n) is 16.7. The highest BCUT2D eigenvalue weighted by molar-refractivity contribution is 7.90. The van der Waals surface area contributed by atoms with E-state index in [4.69, 9.17) is 5.26 Å². The quantitative estimate of drug-likeness (QED) is 0.797. The first-order chi connectivity index (χ1) is 13.2. The maximum absolute atomic E-state index is 12.9. The van der Waals surface area contributed by atoms with Crippen LogP contribution in [0.25, 0.3) is 0 Å². The summed E-state index contributed by atoms with van der Waals surface area (Å²) in [6, 6.07) is 14.8. The van der Waals surface area contributed by atoms with Gasteiger partial charge in [0.1, 0.15) is 4.75 Å². The minimum absolute atomic E-state index is 0.0533. The zero-order valence-corrected chi connectivity index (χ0v) is 17.5. The predicted molar refractivity (Wildman–Crippen MR) is 112 cm³/mol. The van der Waals surface area contributed by atoms with Crippen molar-refractivity contribution in [1.82, 2.24) is 4.72 Å². The minimum atomic E-state index is -1.15. The molecule has 1 amide bonds. The van der Waals surface area contributed by atoms with Crippen LogP contribution in [0, 0.1) is 11.3 Å². The van der Waals surface area contributed by atoms with E-state index >= 15 is 0 Å². The van der Waals surface area contributed by atoms with Crippen LogP contribution in [0.15, 0.2) is 42.5 Å². The molecule has 0 aliphatic carbocycles. The Bertz CT molecular complexity index is 930. The topological polar surface area (TPSA) is 79.2 Å². The molecule has 6 heteroatoms.